The monoisotopic (exact) mass is 387 g/mol. The third kappa shape index (κ3) is 4.70. The summed E-state index contributed by atoms with van der Waals surface area (Å²) in [6.07, 6.45) is 1.38. The third-order valence-electron chi connectivity index (χ3n) is 4.10. The highest BCUT2D eigenvalue weighted by atomic mass is 19.1. The van der Waals surface area contributed by atoms with E-state index in [4.69, 9.17) is 4.74 Å². The predicted molar refractivity (Wildman–Crippen MR) is 100 cm³/mol. The summed E-state index contributed by atoms with van der Waals surface area (Å²) < 4.78 is 33.3. The van der Waals surface area contributed by atoms with Crippen LogP contribution in [0.15, 0.2) is 53.5 Å². The van der Waals surface area contributed by atoms with E-state index < -0.39 is 11.6 Å². The summed E-state index contributed by atoms with van der Waals surface area (Å²) in [5.41, 5.74) is 0.487. The molecule has 0 aliphatic heterocycles. The van der Waals surface area contributed by atoms with E-state index >= 15 is 0 Å². The van der Waals surface area contributed by atoms with Crippen molar-refractivity contribution in [1.29, 1.82) is 0 Å². The highest BCUT2D eigenvalue weighted by molar-refractivity contribution is 5.79. The fourth-order valence-corrected chi connectivity index (χ4v) is 2.74. The number of carbonyl (C=O) groups excluding carboxylic acids is 1. The van der Waals surface area contributed by atoms with Crippen LogP contribution in [0.2, 0.25) is 0 Å². The Hall–Kier alpha value is -3.29. The van der Waals surface area contributed by atoms with Gasteiger partial charge in [0, 0.05) is 17.9 Å². The predicted octanol–water partition coefficient (Wildman–Crippen LogP) is 2.65. The summed E-state index contributed by atoms with van der Waals surface area (Å²) in [7, 11) is 0. The van der Waals surface area contributed by atoms with Gasteiger partial charge in [-0.2, -0.15) is 5.10 Å². The van der Waals surface area contributed by atoms with Crippen LogP contribution in [0.25, 0.3) is 10.9 Å². The van der Waals surface area contributed by atoms with Gasteiger partial charge in [-0.3, -0.25) is 14.3 Å². The molecule has 1 heterocycles. The number of aromatic nitrogens is 2. The zero-order valence-electron chi connectivity index (χ0n) is 15.2. The van der Waals surface area contributed by atoms with Gasteiger partial charge in [-0.05, 0) is 31.2 Å². The number of para-hydroxylation sites is 1. The number of hydrogen-bond donors (Lipinski definition) is 1. The highest BCUT2D eigenvalue weighted by Gasteiger charge is 2.11. The molecular formula is C20H19F2N3O3. The van der Waals surface area contributed by atoms with Gasteiger partial charge in [-0.1, -0.05) is 12.1 Å². The molecule has 146 valence electrons. The van der Waals surface area contributed by atoms with Gasteiger partial charge in [0.15, 0.2) is 11.6 Å². The number of ether oxygens (including phenoxy) is 1. The lowest BCUT2D eigenvalue weighted by Crippen LogP contribution is -2.37. The van der Waals surface area contributed by atoms with Crippen LogP contribution in [0.4, 0.5) is 8.78 Å². The number of hydrogen-bond acceptors (Lipinski definition) is 4. The van der Waals surface area contributed by atoms with Crippen molar-refractivity contribution >= 4 is 16.8 Å². The van der Waals surface area contributed by atoms with Crippen molar-refractivity contribution in [3.63, 3.8) is 0 Å². The third-order valence-corrected chi connectivity index (χ3v) is 4.10. The standard InChI is InChI=1S/C20H19F2N3O3/c1-13(12-28-19-7-6-14(21)10-16(19)22)24-20(27)8-9-25-17-5-3-2-4-15(17)18(26)11-23-25/h2-7,10-11,13H,8-9,12H2,1H3,(H,24,27). The van der Waals surface area contributed by atoms with Crippen LogP contribution in [0.5, 0.6) is 5.75 Å². The first-order chi connectivity index (χ1) is 13.4. The van der Waals surface area contributed by atoms with Crippen molar-refractivity contribution in [1.82, 2.24) is 15.1 Å². The van der Waals surface area contributed by atoms with Crippen molar-refractivity contribution < 1.29 is 18.3 Å². The van der Waals surface area contributed by atoms with Crippen LogP contribution >= 0.6 is 0 Å². The number of benzene rings is 2. The molecule has 0 aliphatic carbocycles. The van der Waals surface area contributed by atoms with E-state index in [-0.39, 0.29) is 36.2 Å². The van der Waals surface area contributed by atoms with Gasteiger partial charge in [0.1, 0.15) is 12.4 Å². The zero-order chi connectivity index (χ0) is 20.1. The summed E-state index contributed by atoms with van der Waals surface area (Å²) in [5.74, 6) is -1.80. The summed E-state index contributed by atoms with van der Waals surface area (Å²) in [6, 6.07) is 9.71. The first-order valence-corrected chi connectivity index (χ1v) is 8.76. The molecular weight excluding hydrogens is 368 g/mol. The maximum atomic E-state index is 13.5. The lowest BCUT2D eigenvalue weighted by Gasteiger charge is -2.16. The second kappa shape index (κ2) is 8.60. The number of amides is 1. The summed E-state index contributed by atoms with van der Waals surface area (Å²) in [5, 5.41) is 7.37. The molecule has 0 fully saturated rings. The van der Waals surface area contributed by atoms with Crippen LogP contribution in [0.3, 0.4) is 0 Å². The Morgan fingerprint density at radius 2 is 2.04 bits per heavy atom. The number of carbonyl (C=O) groups is 1. The minimum atomic E-state index is -0.797. The normalized spacial score (nSPS) is 12.0. The van der Waals surface area contributed by atoms with E-state index in [0.717, 1.165) is 12.1 Å². The van der Waals surface area contributed by atoms with Gasteiger partial charge >= 0.3 is 0 Å². The molecule has 0 radical (unpaired) electrons. The summed E-state index contributed by atoms with van der Waals surface area (Å²) in [4.78, 5) is 24.0. The van der Waals surface area contributed by atoms with Crippen LogP contribution in [-0.4, -0.2) is 28.3 Å². The second-order valence-corrected chi connectivity index (χ2v) is 6.35. The Morgan fingerprint density at radius 3 is 2.82 bits per heavy atom. The molecule has 8 heteroatoms. The molecule has 0 aliphatic rings. The number of aryl methyl sites for hydroxylation is 1. The van der Waals surface area contributed by atoms with Gasteiger partial charge in [0.2, 0.25) is 11.3 Å². The van der Waals surface area contributed by atoms with E-state index in [2.05, 4.69) is 10.4 Å². The molecule has 0 bridgehead atoms. The second-order valence-electron chi connectivity index (χ2n) is 6.35. The first-order valence-electron chi connectivity index (χ1n) is 8.76. The number of halogens is 2. The molecule has 3 rings (SSSR count). The minimum absolute atomic E-state index is 0.0352. The van der Waals surface area contributed by atoms with Gasteiger partial charge in [-0.25, -0.2) is 8.78 Å². The van der Waals surface area contributed by atoms with E-state index in [1.807, 2.05) is 0 Å². The van der Waals surface area contributed by atoms with Crippen molar-refractivity contribution in [2.24, 2.45) is 0 Å². The average molecular weight is 387 g/mol. The lowest BCUT2D eigenvalue weighted by atomic mass is 10.2. The number of nitrogens with zero attached hydrogens (tertiary/aromatic N) is 2. The topological polar surface area (TPSA) is 73.2 Å². The number of fused-ring (bicyclic) bond motifs is 1. The van der Waals surface area contributed by atoms with Crippen molar-refractivity contribution in [2.45, 2.75) is 25.9 Å². The van der Waals surface area contributed by atoms with Gasteiger partial charge in [0.05, 0.1) is 24.3 Å². The van der Waals surface area contributed by atoms with Gasteiger partial charge in [-0.15, -0.1) is 0 Å². The Kier molecular flexibility index (Phi) is 5.98. The highest BCUT2D eigenvalue weighted by Crippen LogP contribution is 2.17. The first kappa shape index (κ1) is 19.5. The van der Waals surface area contributed by atoms with E-state index in [1.54, 1.807) is 35.9 Å². The molecule has 28 heavy (non-hydrogen) atoms. The van der Waals surface area contributed by atoms with Crippen molar-refractivity contribution in [2.75, 3.05) is 6.61 Å². The minimum Gasteiger partial charge on any atom is -0.488 e. The Bertz CT molecular complexity index is 1050. The quantitative estimate of drug-likeness (QED) is 0.677. The fraction of sp³-hybridized carbons (Fsp3) is 0.250. The number of rotatable bonds is 7. The van der Waals surface area contributed by atoms with Gasteiger partial charge in [0.25, 0.3) is 0 Å². The molecule has 0 saturated heterocycles. The smallest absolute Gasteiger partial charge is 0.222 e. The maximum Gasteiger partial charge on any atom is 0.222 e. The van der Waals surface area contributed by atoms with Crippen LogP contribution in [0.1, 0.15) is 13.3 Å². The number of nitrogens with one attached hydrogen (secondary N) is 1. The zero-order valence-corrected chi connectivity index (χ0v) is 15.2. The molecule has 1 unspecified atom stereocenters. The molecule has 1 aromatic heterocycles. The van der Waals surface area contributed by atoms with Crippen molar-refractivity contribution in [3.05, 3.63) is 70.5 Å². The largest absolute Gasteiger partial charge is 0.488 e. The molecule has 1 amide bonds. The average Bonchev–Trinajstić information content (AvgIpc) is 2.67. The van der Waals surface area contributed by atoms with E-state index in [9.17, 15) is 18.4 Å². The lowest BCUT2D eigenvalue weighted by molar-refractivity contribution is -0.122. The molecule has 1 N–H and O–H groups in total. The maximum absolute atomic E-state index is 13.5. The van der Waals surface area contributed by atoms with Crippen LogP contribution < -0.4 is 15.5 Å². The Balaban J connectivity index is 1.53. The van der Waals surface area contributed by atoms with Gasteiger partial charge < -0.3 is 10.1 Å². The molecule has 6 nitrogen and oxygen atoms in total. The molecule has 3 aromatic rings. The molecule has 1 atom stereocenters. The van der Waals surface area contributed by atoms with Crippen molar-refractivity contribution in [3.8, 4) is 5.75 Å². The van der Waals surface area contributed by atoms with E-state index in [0.29, 0.717) is 17.4 Å². The Morgan fingerprint density at radius 1 is 1.25 bits per heavy atom. The molecule has 0 saturated carbocycles. The van der Waals surface area contributed by atoms with Crippen LogP contribution in [-0.2, 0) is 11.3 Å². The Labute approximate surface area is 159 Å². The SMILES string of the molecule is CC(COc1ccc(F)cc1F)NC(=O)CCn1ncc(=O)c2ccccc21. The van der Waals surface area contributed by atoms with Crippen LogP contribution in [0, 0.1) is 11.6 Å². The summed E-state index contributed by atoms with van der Waals surface area (Å²) >= 11 is 0. The molecule has 2 aromatic carbocycles. The fourth-order valence-electron chi connectivity index (χ4n) is 2.74. The van der Waals surface area contributed by atoms with E-state index in [1.165, 1.54) is 12.3 Å². The summed E-state index contributed by atoms with van der Waals surface area (Å²) in [6.45, 7) is 2.05. The molecule has 0 spiro atoms.